The van der Waals surface area contributed by atoms with Crippen LogP contribution >= 0.6 is 0 Å². The molecule has 0 aliphatic rings. The van der Waals surface area contributed by atoms with Crippen LogP contribution in [-0.4, -0.2) is 32.6 Å². The first kappa shape index (κ1) is 22.7. The molecule has 0 aliphatic heterocycles. The van der Waals surface area contributed by atoms with Crippen molar-refractivity contribution in [2.24, 2.45) is 4.99 Å². The van der Waals surface area contributed by atoms with Crippen LogP contribution in [0.15, 0.2) is 70.3 Å². The van der Waals surface area contributed by atoms with E-state index in [4.69, 9.17) is 13.9 Å². The van der Waals surface area contributed by atoms with E-state index in [1.807, 2.05) is 49.4 Å². The Balaban J connectivity index is 1.57. The molecule has 8 heteroatoms. The Bertz CT molecular complexity index is 1030. The lowest BCUT2D eigenvalue weighted by atomic mass is 10.2. The molecule has 1 heterocycles. The predicted octanol–water partition coefficient (Wildman–Crippen LogP) is 3.80. The molecule has 0 spiro atoms. The number of aliphatic imine (C=N–C) groups is 1. The van der Waals surface area contributed by atoms with Gasteiger partial charge in [0.15, 0.2) is 23.2 Å². The second kappa shape index (κ2) is 11.5. The van der Waals surface area contributed by atoms with Gasteiger partial charge in [0.05, 0.1) is 27.0 Å². The zero-order valence-corrected chi connectivity index (χ0v) is 18.5. The van der Waals surface area contributed by atoms with Crippen molar-refractivity contribution in [2.45, 2.75) is 20.0 Å². The third kappa shape index (κ3) is 6.28. The number of hydrogen-bond acceptors (Lipinski definition) is 5. The summed E-state index contributed by atoms with van der Waals surface area (Å²) in [4.78, 5) is 16.7. The first-order valence-corrected chi connectivity index (χ1v) is 10.3. The highest BCUT2D eigenvalue weighted by Crippen LogP contribution is 2.27. The van der Waals surface area contributed by atoms with Gasteiger partial charge in [-0.05, 0) is 54.4 Å². The van der Waals surface area contributed by atoms with Gasteiger partial charge in [-0.1, -0.05) is 18.2 Å². The van der Waals surface area contributed by atoms with E-state index in [-0.39, 0.29) is 11.7 Å². The fourth-order valence-electron chi connectivity index (χ4n) is 2.98. The third-order valence-corrected chi connectivity index (χ3v) is 4.63. The van der Waals surface area contributed by atoms with E-state index in [2.05, 4.69) is 20.9 Å². The summed E-state index contributed by atoms with van der Waals surface area (Å²) in [6, 6.07) is 16.7. The standard InChI is InChI=1S/C24H28N4O4/c1-4-25-24(27-16-18-9-12-20(30-2)22(14-18)31-3)26-15-17-7-10-19(11-8-17)28-23(29)21-6-5-13-32-21/h5-14H,4,15-16H2,1-3H3,(H,28,29)(H2,25,26,27). The van der Waals surface area contributed by atoms with Gasteiger partial charge in [0.25, 0.3) is 5.91 Å². The van der Waals surface area contributed by atoms with Crippen LogP contribution in [0, 0.1) is 0 Å². The first-order chi connectivity index (χ1) is 15.6. The van der Waals surface area contributed by atoms with E-state index in [9.17, 15) is 4.79 Å². The summed E-state index contributed by atoms with van der Waals surface area (Å²) in [6.45, 7) is 3.84. The second-order valence-corrected chi connectivity index (χ2v) is 6.87. The van der Waals surface area contributed by atoms with Gasteiger partial charge in [-0.15, -0.1) is 0 Å². The van der Waals surface area contributed by atoms with E-state index in [1.165, 1.54) is 6.26 Å². The molecule has 0 bridgehead atoms. The van der Waals surface area contributed by atoms with Crippen molar-refractivity contribution in [3.8, 4) is 11.5 Å². The van der Waals surface area contributed by atoms with Crippen LogP contribution in [0.1, 0.15) is 28.6 Å². The van der Waals surface area contributed by atoms with Gasteiger partial charge in [0.2, 0.25) is 0 Å². The number of methoxy groups -OCH3 is 2. The topological polar surface area (TPSA) is 97.1 Å². The summed E-state index contributed by atoms with van der Waals surface area (Å²) < 4.78 is 15.7. The van der Waals surface area contributed by atoms with E-state index < -0.39 is 0 Å². The van der Waals surface area contributed by atoms with Gasteiger partial charge in [-0.2, -0.15) is 0 Å². The van der Waals surface area contributed by atoms with Crippen LogP contribution in [0.3, 0.4) is 0 Å². The Morgan fingerprint density at radius 3 is 2.38 bits per heavy atom. The molecule has 0 aliphatic carbocycles. The van der Waals surface area contributed by atoms with Crippen molar-refractivity contribution in [2.75, 3.05) is 26.1 Å². The minimum atomic E-state index is -0.280. The number of carbonyl (C=O) groups is 1. The van der Waals surface area contributed by atoms with Gasteiger partial charge in [-0.3, -0.25) is 4.79 Å². The normalized spacial score (nSPS) is 11.0. The minimum absolute atomic E-state index is 0.275. The van der Waals surface area contributed by atoms with Crippen molar-refractivity contribution in [1.29, 1.82) is 0 Å². The molecule has 0 atom stereocenters. The summed E-state index contributed by atoms with van der Waals surface area (Å²) in [5, 5.41) is 9.37. The summed E-state index contributed by atoms with van der Waals surface area (Å²) in [5.41, 5.74) is 2.76. The summed E-state index contributed by atoms with van der Waals surface area (Å²) in [7, 11) is 3.23. The Morgan fingerprint density at radius 1 is 0.969 bits per heavy atom. The van der Waals surface area contributed by atoms with Crippen LogP contribution in [0.4, 0.5) is 5.69 Å². The predicted molar refractivity (Wildman–Crippen MR) is 124 cm³/mol. The average Bonchev–Trinajstić information content (AvgIpc) is 3.37. The Labute approximate surface area is 187 Å². The lowest BCUT2D eigenvalue weighted by molar-refractivity contribution is 0.0996. The molecule has 168 valence electrons. The molecule has 0 saturated carbocycles. The SMILES string of the molecule is CCNC(=NCc1ccc(OC)c(OC)c1)NCc1ccc(NC(=O)c2ccco2)cc1. The number of furan rings is 1. The molecular formula is C24H28N4O4. The highest BCUT2D eigenvalue weighted by Gasteiger charge is 2.09. The second-order valence-electron chi connectivity index (χ2n) is 6.87. The molecule has 0 fully saturated rings. The quantitative estimate of drug-likeness (QED) is 0.349. The minimum Gasteiger partial charge on any atom is -0.493 e. The van der Waals surface area contributed by atoms with Crippen molar-refractivity contribution in [1.82, 2.24) is 10.6 Å². The molecule has 3 rings (SSSR count). The van der Waals surface area contributed by atoms with E-state index in [1.54, 1.807) is 26.4 Å². The highest BCUT2D eigenvalue weighted by atomic mass is 16.5. The fraction of sp³-hybridized carbons (Fsp3) is 0.250. The van der Waals surface area contributed by atoms with E-state index in [0.29, 0.717) is 36.2 Å². The monoisotopic (exact) mass is 436 g/mol. The molecule has 0 radical (unpaired) electrons. The van der Waals surface area contributed by atoms with Crippen LogP contribution in [0.2, 0.25) is 0 Å². The van der Waals surface area contributed by atoms with Crippen molar-refractivity contribution < 1.29 is 18.7 Å². The largest absolute Gasteiger partial charge is 0.493 e. The maximum atomic E-state index is 12.1. The van der Waals surface area contributed by atoms with Crippen LogP contribution in [0.25, 0.3) is 0 Å². The molecule has 3 N–H and O–H groups in total. The molecule has 1 aromatic heterocycles. The van der Waals surface area contributed by atoms with Gasteiger partial charge >= 0.3 is 0 Å². The Morgan fingerprint density at radius 2 is 1.72 bits per heavy atom. The number of rotatable bonds is 9. The smallest absolute Gasteiger partial charge is 0.291 e. The Hall–Kier alpha value is -3.94. The Kier molecular flexibility index (Phi) is 8.14. The van der Waals surface area contributed by atoms with E-state index in [0.717, 1.165) is 17.7 Å². The number of guanidine groups is 1. The third-order valence-electron chi connectivity index (χ3n) is 4.63. The van der Waals surface area contributed by atoms with Gasteiger partial charge < -0.3 is 29.8 Å². The number of amides is 1. The number of hydrogen-bond donors (Lipinski definition) is 3. The van der Waals surface area contributed by atoms with Crippen LogP contribution < -0.4 is 25.4 Å². The highest BCUT2D eigenvalue weighted by molar-refractivity contribution is 6.02. The van der Waals surface area contributed by atoms with Gasteiger partial charge in [0, 0.05) is 18.8 Å². The number of benzene rings is 2. The van der Waals surface area contributed by atoms with Crippen molar-refractivity contribution >= 4 is 17.6 Å². The summed E-state index contributed by atoms with van der Waals surface area (Å²) >= 11 is 0. The maximum Gasteiger partial charge on any atom is 0.291 e. The molecule has 2 aromatic carbocycles. The van der Waals surface area contributed by atoms with Crippen molar-refractivity contribution in [3.05, 3.63) is 77.7 Å². The fourth-order valence-corrected chi connectivity index (χ4v) is 2.98. The number of nitrogens with one attached hydrogen (secondary N) is 3. The molecule has 3 aromatic rings. The molecule has 32 heavy (non-hydrogen) atoms. The van der Waals surface area contributed by atoms with Crippen LogP contribution in [-0.2, 0) is 13.1 Å². The van der Waals surface area contributed by atoms with Crippen LogP contribution in [0.5, 0.6) is 11.5 Å². The average molecular weight is 437 g/mol. The first-order valence-electron chi connectivity index (χ1n) is 10.3. The summed E-state index contributed by atoms with van der Waals surface area (Å²) in [5.74, 6) is 2.07. The van der Waals surface area contributed by atoms with Gasteiger partial charge in [0.1, 0.15) is 0 Å². The maximum absolute atomic E-state index is 12.1. The number of carbonyl (C=O) groups excluding carboxylic acids is 1. The number of anilines is 1. The molecule has 1 amide bonds. The lowest BCUT2D eigenvalue weighted by Gasteiger charge is -2.13. The molecule has 8 nitrogen and oxygen atoms in total. The zero-order valence-electron chi connectivity index (χ0n) is 18.5. The molecule has 0 saturated heterocycles. The van der Waals surface area contributed by atoms with E-state index >= 15 is 0 Å². The van der Waals surface area contributed by atoms with Crippen molar-refractivity contribution in [3.63, 3.8) is 0 Å². The number of ether oxygens (including phenoxy) is 2. The van der Waals surface area contributed by atoms with Gasteiger partial charge in [-0.25, -0.2) is 4.99 Å². The zero-order chi connectivity index (χ0) is 22.8. The molecular weight excluding hydrogens is 408 g/mol. The number of nitrogens with zero attached hydrogens (tertiary/aromatic N) is 1. The lowest BCUT2D eigenvalue weighted by Crippen LogP contribution is -2.36. The summed E-state index contributed by atoms with van der Waals surface area (Å²) in [6.07, 6.45) is 1.47. The molecule has 0 unspecified atom stereocenters.